The number of aliphatic hydroxyl groups is 1. The summed E-state index contributed by atoms with van der Waals surface area (Å²) in [5.74, 6) is 1.83. The molecule has 0 amide bonds. The highest BCUT2D eigenvalue weighted by Gasteiger charge is 2.60. The summed E-state index contributed by atoms with van der Waals surface area (Å²) in [6.07, 6.45) is -5.24. The summed E-state index contributed by atoms with van der Waals surface area (Å²) in [4.78, 5) is 11.2. The molecular weight excluding hydrogens is 261 g/mol. The van der Waals surface area contributed by atoms with Crippen LogP contribution in [0.1, 0.15) is 12.5 Å². The van der Waals surface area contributed by atoms with E-state index in [9.17, 15) is 23.1 Å². The van der Waals surface area contributed by atoms with E-state index in [0.29, 0.717) is 0 Å². The standard InChI is InChI=1S/C13H11F3O3/c1-2-19-11(17)12(18,13(14,15)16)9-8-10-6-4-3-5-7-10/h3-7,18H,2H2,1H3. The van der Waals surface area contributed by atoms with E-state index < -0.39 is 17.7 Å². The lowest BCUT2D eigenvalue weighted by molar-refractivity contribution is -0.242. The van der Waals surface area contributed by atoms with Crippen LogP contribution in [0.2, 0.25) is 0 Å². The van der Waals surface area contributed by atoms with Gasteiger partial charge in [0, 0.05) is 5.56 Å². The van der Waals surface area contributed by atoms with Gasteiger partial charge in [-0.2, -0.15) is 13.2 Å². The maximum absolute atomic E-state index is 12.7. The molecule has 0 aliphatic heterocycles. The minimum Gasteiger partial charge on any atom is -0.463 e. The second-order valence-corrected chi connectivity index (χ2v) is 3.54. The number of carbonyl (C=O) groups is 1. The molecule has 1 aromatic carbocycles. The van der Waals surface area contributed by atoms with E-state index in [1.165, 1.54) is 19.1 Å². The summed E-state index contributed by atoms with van der Waals surface area (Å²) in [6, 6.07) is 7.71. The fraction of sp³-hybridized carbons (Fsp3) is 0.308. The lowest BCUT2D eigenvalue weighted by Crippen LogP contribution is -2.52. The Bertz CT molecular complexity index is 499. The van der Waals surface area contributed by atoms with Crippen LogP contribution in [-0.2, 0) is 9.53 Å². The predicted octanol–water partition coefficient (Wildman–Crippen LogP) is 1.89. The van der Waals surface area contributed by atoms with Crippen LogP contribution in [0.15, 0.2) is 30.3 Å². The van der Waals surface area contributed by atoms with Crippen molar-refractivity contribution in [2.75, 3.05) is 6.61 Å². The Labute approximate surface area is 108 Å². The van der Waals surface area contributed by atoms with Gasteiger partial charge >= 0.3 is 17.7 Å². The van der Waals surface area contributed by atoms with Gasteiger partial charge in [0.05, 0.1) is 6.61 Å². The van der Waals surface area contributed by atoms with Gasteiger partial charge in [-0.25, -0.2) is 4.79 Å². The zero-order valence-electron chi connectivity index (χ0n) is 9.99. The van der Waals surface area contributed by atoms with Crippen LogP contribution in [0.4, 0.5) is 13.2 Å². The van der Waals surface area contributed by atoms with Crippen molar-refractivity contribution in [1.82, 2.24) is 0 Å². The molecule has 6 heteroatoms. The van der Waals surface area contributed by atoms with Gasteiger partial charge in [0.2, 0.25) is 0 Å². The summed E-state index contributed by atoms with van der Waals surface area (Å²) in [7, 11) is 0. The summed E-state index contributed by atoms with van der Waals surface area (Å²) < 4.78 is 42.4. The van der Waals surface area contributed by atoms with E-state index >= 15 is 0 Å². The van der Waals surface area contributed by atoms with E-state index in [2.05, 4.69) is 10.7 Å². The summed E-state index contributed by atoms with van der Waals surface area (Å²) in [5, 5.41) is 9.44. The monoisotopic (exact) mass is 272 g/mol. The summed E-state index contributed by atoms with van der Waals surface area (Å²) in [6.45, 7) is 1.05. The van der Waals surface area contributed by atoms with Crippen LogP contribution in [0.3, 0.4) is 0 Å². The van der Waals surface area contributed by atoms with Crippen molar-refractivity contribution >= 4 is 5.97 Å². The fourth-order valence-electron chi connectivity index (χ4n) is 1.16. The SMILES string of the molecule is CCOC(=O)C(O)(C#Cc1ccccc1)C(F)(F)F. The minimum absolute atomic E-state index is 0.245. The molecule has 0 saturated heterocycles. The molecule has 0 fully saturated rings. The molecule has 0 radical (unpaired) electrons. The Morgan fingerprint density at radius 3 is 2.37 bits per heavy atom. The molecule has 0 aliphatic carbocycles. The Morgan fingerprint density at radius 2 is 1.89 bits per heavy atom. The average molecular weight is 272 g/mol. The molecule has 102 valence electrons. The van der Waals surface area contributed by atoms with Crippen molar-refractivity contribution in [2.24, 2.45) is 0 Å². The van der Waals surface area contributed by atoms with Crippen LogP contribution < -0.4 is 0 Å². The molecule has 0 aliphatic rings. The van der Waals surface area contributed by atoms with E-state index in [1.807, 2.05) is 0 Å². The van der Waals surface area contributed by atoms with E-state index in [1.54, 1.807) is 24.1 Å². The minimum atomic E-state index is -5.24. The molecule has 1 atom stereocenters. The Balaban J connectivity index is 3.14. The quantitative estimate of drug-likeness (QED) is 0.660. The van der Waals surface area contributed by atoms with Gasteiger partial charge in [-0.1, -0.05) is 24.1 Å². The van der Waals surface area contributed by atoms with Crippen molar-refractivity contribution in [3.8, 4) is 11.8 Å². The summed E-state index contributed by atoms with van der Waals surface area (Å²) in [5.41, 5.74) is -3.58. The molecule has 0 aromatic heterocycles. The smallest absolute Gasteiger partial charge is 0.440 e. The van der Waals surface area contributed by atoms with Crippen molar-refractivity contribution < 1.29 is 27.8 Å². The second kappa shape index (κ2) is 5.76. The number of alkyl halides is 3. The zero-order chi connectivity index (χ0) is 14.5. The number of carbonyl (C=O) groups excluding carboxylic acids is 1. The zero-order valence-corrected chi connectivity index (χ0v) is 9.99. The van der Waals surface area contributed by atoms with Gasteiger partial charge in [-0.05, 0) is 25.0 Å². The number of hydrogen-bond donors (Lipinski definition) is 1. The van der Waals surface area contributed by atoms with Crippen LogP contribution in [0, 0.1) is 11.8 Å². The first-order valence-corrected chi connectivity index (χ1v) is 5.36. The number of ether oxygens (including phenoxy) is 1. The predicted molar refractivity (Wildman–Crippen MR) is 61.0 cm³/mol. The second-order valence-electron chi connectivity index (χ2n) is 3.54. The highest BCUT2D eigenvalue weighted by atomic mass is 19.4. The van der Waals surface area contributed by atoms with Gasteiger partial charge in [0.1, 0.15) is 0 Å². The lowest BCUT2D eigenvalue weighted by Gasteiger charge is -2.22. The Kier molecular flexibility index (Phi) is 4.57. The van der Waals surface area contributed by atoms with Crippen molar-refractivity contribution in [3.05, 3.63) is 35.9 Å². The third-order valence-corrected chi connectivity index (χ3v) is 2.14. The number of esters is 1. The molecule has 1 unspecified atom stereocenters. The van der Waals surface area contributed by atoms with Crippen LogP contribution in [-0.4, -0.2) is 29.5 Å². The first kappa shape index (κ1) is 15.1. The maximum atomic E-state index is 12.7. The number of rotatable bonds is 2. The third-order valence-electron chi connectivity index (χ3n) is 2.14. The topological polar surface area (TPSA) is 46.5 Å². The molecule has 3 nitrogen and oxygen atoms in total. The van der Waals surface area contributed by atoms with Crippen molar-refractivity contribution in [3.63, 3.8) is 0 Å². The van der Waals surface area contributed by atoms with E-state index in [4.69, 9.17) is 0 Å². The number of halogens is 3. The van der Waals surface area contributed by atoms with Gasteiger partial charge in [0.25, 0.3) is 0 Å². The van der Waals surface area contributed by atoms with Gasteiger partial charge in [0.15, 0.2) is 0 Å². The first-order valence-electron chi connectivity index (χ1n) is 5.36. The molecule has 0 bridgehead atoms. The molecule has 0 spiro atoms. The van der Waals surface area contributed by atoms with Crippen molar-refractivity contribution in [1.29, 1.82) is 0 Å². The molecule has 1 aromatic rings. The molecular formula is C13H11F3O3. The van der Waals surface area contributed by atoms with Crippen LogP contribution in [0.5, 0.6) is 0 Å². The van der Waals surface area contributed by atoms with Crippen LogP contribution >= 0.6 is 0 Å². The molecule has 0 heterocycles. The van der Waals surface area contributed by atoms with Crippen LogP contribution in [0.25, 0.3) is 0 Å². The van der Waals surface area contributed by atoms with Crippen molar-refractivity contribution in [2.45, 2.75) is 18.7 Å². The Morgan fingerprint density at radius 1 is 1.32 bits per heavy atom. The first-order chi connectivity index (χ1) is 8.81. The largest absolute Gasteiger partial charge is 0.463 e. The molecule has 1 N–H and O–H groups in total. The summed E-state index contributed by atoms with van der Waals surface area (Å²) >= 11 is 0. The highest BCUT2D eigenvalue weighted by molar-refractivity contribution is 5.84. The van der Waals surface area contributed by atoms with Gasteiger partial charge in [-0.3, -0.25) is 0 Å². The third kappa shape index (κ3) is 3.48. The van der Waals surface area contributed by atoms with Gasteiger partial charge in [-0.15, -0.1) is 0 Å². The average Bonchev–Trinajstić information content (AvgIpc) is 2.36. The Hall–Kier alpha value is -2.00. The lowest BCUT2D eigenvalue weighted by atomic mass is 10.0. The molecule has 1 rings (SSSR count). The van der Waals surface area contributed by atoms with E-state index in [0.717, 1.165) is 0 Å². The highest BCUT2D eigenvalue weighted by Crippen LogP contribution is 2.31. The van der Waals surface area contributed by atoms with Gasteiger partial charge < -0.3 is 9.84 Å². The maximum Gasteiger partial charge on any atom is 0.440 e. The number of hydrogen-bond acceptors (Lipinski definition) is 3. The van der Waals surface area contributed by atoms with E-state index in [-0.39, 0.29) is 12.2 Å². The fourth-order valence-corrected chi connectivity index (χ4v) is 1.16. The molecule has 0 saturated carbocycles. The normalized spacial score (nSPS) is 13.9. The number of benzene rings is 1. The molecule has 19 heavy (non-hydrogen) atoms.